The van der Waals surface area contributed by atoms with Crippen LogP contribution in [-0.2, 0) is 0 Å². The van der Waals surface area contributed by atoms with Crippen molar-refractivity contribution < 1.29 is 0 Å². The molecule has 0 saturated carbocycles. The summed E-state index contributed by atoms with van der Waals surface area (Å²) in [6.07, 6.45) is 0. The Bertz CT molecular complexity index is 4590. The lowest BCUT2D eigenvalue weighted by molar-refractivity contribution is 1.15. The Morgan fingerprint density at radius 2 is 0.884 bits per heavy atom. The lowest BCUT2D eigenvalue weighted by Gasteiger charge is -2.25. The van der Waals surface area contributed by atoms with E-state index in [0.29, 0.717) is 16.9 Å². The van der Waals surface area contributed by atoms with E-state index in [1.807, 2.05) is 12.1 Å². The normalized spacial score (nSPS) is 12.0. The molecule has 0 atom stereocenters. The van der Waals surface area contributed by atoms with Crippen molar-refractivity contribution in [3.8, 4) is 39.7 Å². The SMILES string of the molecule is [C-]#[N+]c1c(-c2ccccc2)c(-n2c3ccccc3c3cc4c(cc32)sc2ccccc24)c(-c2ccccc2)c(C#N)c1-n1c2c(ccc3c4ccccc4sc32)c2ccc3c4ccccc4sc3c21. The standard InChI is InChI=1S/C62H32N4S3/c1-64-56-55(36-18-6-3-7-19-36)60(65-48-24-12-8-20-37(48)45-32-46-40-23-11-13-25-50(40)67-53(46)33-49(45)65)54(35-16-4-2-5-17-35)47(34-63)57(56)66-58-41(28-30-43-38-21-9-14-26-51(38)68-61(43)58)42-29-31-44-39-22-10-15-27-52(39)69-62(44)59(42)66/h2-33H. The van der Waals surface area contributed by atoms with Gasteiger partial charge in [0.1, 0.15) is 6.07 Å². The van der Waals surface area contributed by atoms with E-state index in [1.54, 1.807) is 34.0 Å². The number of hydrogen-bond acceptors (Lipinski definition) is 4. The van der Waals surface area contributed by atoms with Crippen molar-refractivity contribution in [2.24, 2.45) is 0 Å². The maximum Gasteiger partial charge on any atom is 0.221 e. The summed E-state index contributed by atoms with van der Waals surface area (Å²) in [5, 5.41) is 23.8. The molecule has 5 heterocycles. The molecular formula is C62H32N4S3. The van der Waals surface area contributed by atoms with Crippen molar-refractivity contribution >= 4 is 144 Å². The highest BCUT2D eigenvalue weighted by Gasteiger charge is 2.33. The number of thiophene rings is 3. The first kappa shape index (κ1) is 38.5. The lowest BCUT2D eigenvalue weighted by atomic mass is 9.88. The number of fused-ring (bicyclic) bond motifs is 17. The summed E-state index contributed by atoms with van der Waals surface area (Å²) in [7, 11) is 0. The first-order valence-electron chi connectivity index (χ1n) is 22.8. The van der Waals surface area contributed by atoms with E-state index in [1.165, 1.54) is 40.3 Å². The van der Waals surface area contributed by atoms with Gasteiger partial charge in [0.15, 0.2) is 0 Å². The third-order valence-electron chi connectivity index (χ3n) is 14.2. The van der Waals surface area contributed by atoms with E-state index >= 15 is 0 Å². The summed E-state index contributed by atoms with van der Waals surface area (Å²) < 4.78 is 11.8. The monoisotopic (exact) mass is 928 g/mol. The summed E-state index contributed by atoms with van der Waals surface area (Å²) in [4.78, 5) is 4.69. The van der Waals surface area contributed by atoms with Gasteiger partial charge in [0, 0.05) is 83.8 Å². The van der Waals surface area contributed by atoms with Crippen LogP contribution in [0, 0.1) is 17.9 Å². The maximum absolute atomic E-state index is 12.2. The van der Waals surface area contributed by atoms with Gasteiger partial charge in [0.2, 0.25) is 5.69 Å². The number of nitrogens with zero attached hydrogens (tertiary/aromatic N) is 4. The van der Waals surface area contributed by atoms with E-state index < -0.39 is 0 Å². The molecule has 7 heteroatoms. The number of aromatic nitrogens is 2. The van der Waals surface area contributed by atoms with Gasteiger partial charge in [0.05, 0.1) is 55.0 Å². The zero-order valence-electron chi connectivity index (χ0n) is 36.5. The third kappa shape index (κ3) is 5.24. The Hall–Kier alpha value is -8.56. The molecule has 0 amide bonds. The van der Waals surface area contributed by atoms with Gasteiger partial charge in [-0.15, -0.1) is 34.0 Å². The molecule has 0 saturated heterocycles. The van der Waals surface area contributed by atoms with Gasteiger partial charge in [-0.2, -0.15) is 5.26 Å². The molecule has 0 aliphatic rings. The van der Waals surface area contributed by atoms with Crippen molar-refractivity contribution in [3.05, 3.63) is 211 Å². The number of nitriles is 1. The van der Waals surface area contributed by atoms with E-state index in [4.69, 9.17) is 0 Å². The Balaban J connectivity index is 1.21. The average molecular weight is 929 g/mol. The van der Waals surface area contributed by atoms with Crippen molar-refractivity contribution in [2.75, 3.05) is 0 Å². The molecule has 0 spiro atoms. The molecule has 0 radical (unpaired) electrons. The van der Waals surface area contributed by atoms with Crippen molar-refractivity contribution in [1.82, 2.24) is 9.13 Å². The second kappa shape index (κ2) is 14.5. The van der Waals surface area contributed by atoms with Gasteiger partial charge in [-0.3, -0.25) is 0 Å². The van der Waals surface area contributed by atoms with E-state index in [0.717, 1.165) is 91.7 Å². The number of hydrogen-bond donors (Lipinski definition) is 0. The molecule has 4 nitrogen and oxygen atoms in total. The molecular weight excluding hydrogens is 897 g/mol. The molecule has 318 valence electrons. The van der Waals surface area contributed by atoms with Gasteiger partial charge in [-0.1, -0.05) is 158 Å². The van der Waals surface area contributed by atoms with E-state index in [2.05, 4.69) is 202 Å². The minimum Gasteiger partial charge on any atom is -0.315 e. The molecule has 0 aliphatic heterocycles. The van der Waals surface area contributed by atoms with Crippen LogP contribution in [0.3, 0.4) is 0 Å². The predicted octanol–water partition coefficient (Wildman–Crippen LogP) is 18.7. The predicted molar refractivity (Wildman–Crippen MR) is 296 cm³/mol. The molecule has 0 fully saturated rings. The number of benzene rings is 10. The Morgan fingerprint density at radius 1 is 0.391 bits per heavy atom. The topological polar surface area (TPSA) is 38.0 Å². The van der Waals surface area contributed by atoms with E-state index in [9.17, 15) is 11.8 Å². The summed E-state index contributed by atoms with van der Waals surface area (Å²) in [6, 6.07) is 71.8. The van der Waals surface area contributed by atoms with Gasteiger partial charge < -0.3 is 9.13 Å². The van der Waals surface area contributed by atoms with Crippen LogP contribution in [0.15, 0.2) is 194 Å². The molecule has 10 aromatic carbocycles. The average Bonchev–Trinajstić information content (AvgIpc) is 4.22. The summed E-state index contributed by atoms with van der Waals surface area (Å²) in [5.41, 5.74) is 9.67. The van der Waals surface area contributed by atoms with Crippen LogP contribution in [-0.4, -0.2) is 9.13 Å². The maximum atomic E-state index is 12.2. The van der Waals surface area contributed by atoms with Gasteiger partial charge >= 0.3 is 0 Å². The highest BCUT2D eigenvalue weighted by atomic mass is 32.1. The van der Waals surface area contributed by atoms with Crippen molar-refractivity contribution in [1.29, 1.82) is 5.26 Å². The fourth-order valence-electron chi connectivity index (χ4n) is 11.3. The minimum atomic E-state index is 0.427. The molecule has 69 heavy (non-hydrogen) atoms. The molecule has 15 aromatic rings. The van der Waals surface area contributed by atoms with Crippen LogP contribution in [0.2, 0.25) is 0 Å². The minimum absolute atomic E-state index is 0.427. The first-order valence-corrected chi connectivity index (χ1v) is 25.3. The van der Waals surface area contributed by atoms with Crippen molar-refractivity contribution in [3.63, 3.8) is 0 Å². The second-order valence-electron chi connectivity index (χ2n) is 17.7. The highest BCUT2D eigenvalue weighted by Crippen LogP contribution is 2.55. The zero-order valence-corrected chi connectivity index (χ0v) is 38.9. The Labute approximate surface area is 406 Å². The lowest BCUT2D eigenvalue weighted by Crippen LogP contribution is -2.08. The first-order chi connectivity index (χ1) is 34.2. The molecule has 0 N–H and O–H groups in total. The Morgan fingerprint density at radius 3 is 1.46 bits per heavy atom. The van der Waals surface area contributed by atoms with E-state index in [-0.39, 0.29) is 0 Å². The van der Waals surface area contributed by atoms with Crippen LogP contribution in [0.1, 0.15) is 5.56 Å². The van der Waals surface area contributed by atoms with Crippen LogP contribution in [0.5, 0.6) is 0 Å². The van der Waals surface area contributed by atoms with Crippen LogP contribution in [0.25, 0.3) is 143 Å². The largest absolute Gasteiger partial charge is 0.315 e. The van der Waals surface area contributed by atoms with Gasteiger partial charge in [-0.05, 0) is 47.5 Å². The molecule has 0 unspecified atom stereocenters. The second-order valence-corrected chi connectivity index (χ2v) is 20.8. The fraction of sp³-hybridized carbons (Fsp3) is 0. The van der Waals surface area contributed by atoms with Crippen LogP contribution >= 0.6 is 34.0 Å². The quantitative estimate of drug-likeness (QED) is 0.162. The molecule has 0 bridgehead atoms. The Kier molecular flexibility index (Phi) is 8.08. The molecule has 0 aliphatic carbocycles. The summed E-state index contributed by atoms with van der Waals surface area (Å²) >= 11 is 5.36. The van der Waals surface area contributed by atoms with Gasteiger partial charge in [0.25, 0.3) is 0 Å². The molecule has 15 rings (SSSR count). The van der Waals surface area contributed by atoms with Crippen LogP contribution < -0.4 is 0 Å². The highest BCUT2D eigenvalue weighted by molar-refractivity contribution is 7.27. The number of rotatable bonds is 4. The smallest absolute Gasteiger partial charge is 0.221 e. The van der Waals surface area contributed by atoms with Gasteiger partial charge in [-0.25, -0.2) is 4.85 Å². The third-order valence-corrected chi connectivity index (χ3v) is 17.7. The zero-order chi connectivity index (χ0) is 45.5. The number of para-hydroxylation sites is 1. The van der Waals surface area contributed by atoms with Crippen molar-refractivity contribution in [2.45, 2.75) is 0 Å². The summed E-state index contributed by atoms with van der Waals surface area (Å²) in [6.45, 7) is 9.56. The fourth-order valence-corrected chi connectivity index (χ4v) is 14.9. The summed E-state index contributed by atoms with van der Waals surface area (Å²) in [5.74, 6) is 0. The van der Waals surface area contributed by atoms with Crippen LogP contribution in [0.4, 0.5) is 5.69 Å². The molecule has 5 aromatic heterocycles.